The molecular formula is C21H19F3N2O3. The highest BCUT2D eigenvalue weighted by molar-refractivity contribution is 6.22. The molecule has 1 N–H and O–H groups in total. The topological polar surface area (TPSA) is 63.8 Å². The summed E-state index contributed by atoms with van der Waals surface area (Å²) in [6, 6.07) is 7.03. The van der Waals surface area contributed by atoms with Gasteiger partial charge >= 0.3 is 12.1 Å². The van der Waals surface area contributed by atoms with E-state index in [0.717, 1.165) is 6.07 Å². The number of aliphatic imine (C=N–C) groups is 1. The SMILES string of the molecule is COC(=O)C1=C(O)C(=Cc2cc(C)n(-c3ccccc3C(F)(F)F)c2C)N=C1C. The summed E-state index contributed by atoms with van der Waals surface area (Å²) in [4.78, 5) is 16.0. The zero-order valence-corrected chi connectivity index (χ0v) is 16.3. The van der Waals surface area contributed by atoms with Crippen LogP contribution in [0.25, 0.3) is 11.8 Å². The van der Waals surface area contributed by atoms with Crippen LogP contribution in [0.5, 0.6) is 0 Å². The molecular weight excluding hydrogens is 385 g/mol. The minimum Gasteiger partial charge on any atom is -0.505 e. The Morgan fingerprint density at radius 3 is 2.48 bits per heavy atom. The first-order valence-corrected chi connectivity index (χ1v) is 8.71. The number of esters is 1. The van der Waals surface area contributed by atoms with Gasteiger partial charge in [0.05, 0.1) is 24.1 Å². The van der Waals surface area contributed by atoms with E-state index in [2.05, 4.69) is 9.73 Å². The molecule has 0 amide bonds. The van der Waals surface area contributed by atoms with Crippen LogP contribution in [0.1, 0.15) is 29.4 Å². The quantitative estimate of drug-likeness (QED) is 0.739. The van der Waals surface area contributed by atoms with E-state index in [1.54, 1.807) is 32.9 Å². The van der Waals surface area contributed by atoms with Crippen LogP contribution in [0.4, 0.5) is 13.2 Å². The van der Waals surface area contributed by atoms with Crippen molar-refractivity contribution in [2.75, 3.05) is 7.11 Å². The second-order valence-electron chi connectivity index (χ2n) is 6.62. The monoisotopic (exact) mass is 404 g/mol. The number of nitrogens with zero attached hydrogens (tertiary/aromatic N) is 2. The summed E-state index contributed by atoms with van der Waals surface area (Å²) in [7, 11) is 1.20. The van der Waals surface area contributed by atoms with Gasteiger partial charge in [0.25, 0.3) is 0 Å². The predicted octanol–water partition coefficient (Wildman–Crippen LogP) is 4.91. The molecule has 2 heterocycles. The molecule has 0 unspecified atom stereocenters. The van der Waals surface area contributed by atoms with Gasteiger partial charge in [-0.05, 0) is 50.6 Å². The Bertz CT molecular complexity index is 1090. The highest BCUT2D eigenvalue weighted by Crippen LogP contribution is 2.36. The third kappa shape index (κ3) is 3.57. The zero-order chi connectivity index (χ0) is 21.5. The van der Waals surface area contributed by atoms with Gasteiger partial charge in [0.15, 0.2) is 5.76 Å². The first-order valence-electron chi connectivity index (χ1n) is 8.71. The lowest BCUT2D eigenvalue weighted by Crippen LogP contribution is -2.12. The molecule has 29 heavy (non-hydrogen) atoms. The van der Waals surface area contributed by atoms with Gasteiger partial charge in [0.1, 0.15) is 11.3 Å². The lowest BCUT2D eigenvalue weighted by atomic mass is 10.1. The van der Waals surface area contributed by atoms with Crippen LogP contribution in [-0.4, -0.2) is 28.5 Å². The average molecular weight is 404 g/mol. The number of halogens is 3. The minimum absolute atomic E-state index is 0.0146. The Labute approximate surface area is 165 Å². The van der Waals surface area contributed by atoms with Crippen LogP contribution < -0.4 is 0 Å². The van der Waals surface area contributed by atoms with Crippen LogP contribution in [0.3, 0.4) is 0 Å². The third-order valence-electron chi connectivity index (χ3n) is 4.73. The summed E-state index contributed by atoms with van der Waals surface area (Å²) in [5.41, 5.74) is 1.38. The van der Waals surface area contributed by atoms with Gasteiger partial charge < -0.3 is 14.4 Å². The van der Waals surface area contributed by atoms with Crippen molar-refractivity contribution in [3.63, 3.8) is 0 Å². The first kappa shape index (κ1) is 20.4. The molecule has 3 rings (SSSR count). The molecule has 8 heteroatoms. The van der Waals surface area contributed by atoms with Crippen LogP contribution in [0, 0.1) is 13.8 Å². The molecule has 0 fully saturated rings. The van der Waals surface area contributed by atoms with Crippen molar-refractivity contribution in [3.8, 4) is 5.69 Å². The maximum atomic E-state index is 13.5. The van der Waals surface area contributed by atoms with E-state index in [1.165, 1.54) is 29.9 Å². The molecule has 2 aromatic rings. The van der Waals surface area contributed by atoms with Crippen molar-refractivity contribution in [1.82, 2.24) is 4.57 Å². The number of hydrogen-bond acceptors (Lipinski definition) is 4. The Hall–Kier alpha value is -3.29. The predicted molar refractivity (Wildman–Crippen MR) is 103 cm³/mol. The molecule has 0 radical (unpaired) electrons. The Kier molecular flexibility index (Phi) is 5.13. The highest BCUT2D eigenvalue weighted by atomic mass is 19.4. The van der Waals surface area contributed by atoms with E-state index in [-0.39, 0.29) is 22.7 Å². The number of aliphatic hydroxyl groups is 1. The van der Waals surface area contributed by atoms with Gasteiger partial charge in [0, 0.05) is 11.4 Å². The lowest BCUT2D eigenvalue weighted by Gasteiger charge is -2.16. The summed E-state index contributed by atoms with van der Waals surface area (Å²) < 4.78 is 46.5. The molecule has 0 saturated heterocycles. The molecule has 1 aromatic carbocycles. The molecule has 1 aliphatic rings. The molecule has 1 aliphatic heterocycles. The van der Waals surface area contributed by atoms with E-state index in [4.69, 9.17) is 0 Å². The molecule has 0 bridgehead atoms. The minimum atomic E-state index is -4.50. The van der Waals surface area contributed by atoms with Crippen molar-refractivity contribution in [2.45, 2.75) is 26.9 Å². The molecule has 0 saturated carbocycles. The van der Waals surface area contributed by atoms with Gasteiger partial charge in [-0.3, -0.25) is 0 Å². The molecule has 0 spiro atoms. The Morgan fingerprint density at radius 2 is 1.86 bits per heavy atom. The Morgan fingerprint density at radius 1 is 1.21 bits per heavy atom. The average Bonchev–Trinajstić information content (AvgIpc) is 3.09. The summed E-state index contributed by atoms with van der Waals surface area (Å²) in [6.07, 6.45) is -2.97. The largest absolute Gasteiger partial charge is 0.505 e. The molecule has 5 nitrogen and oxygen atoms in total. The van der Waals surface area contributed by atoms with E-state index < -0.39 is 17.7 Å². The summed E-state index contributed by atoms with van der Waals surface area (Å²) in [6.45, 7) is 4.94. The van der Waals surface area contributed by atoms with Crippen LogP contribution in [0.15, 0.2) is 52.4 Å². The fourth-order valence-corrected chi connectivity index (χ4v) is 3.40. The maximum absolute atomic E-state index is 13.5. The fourth-order valence-electron chi connectivity index (χ4n) is 3.40. The number of carbonyl (C=O) groups is 1. The first-order chi connectivity index (χ1) is 13.6. The number of alkyl halides is 3. The van der Waals surface area contributed by atoms with Gasteiger partial charge in [-0.2, -0.15) is 13.2 Å². The number of methoxy groups -OCH3 is 1. The van der Waals surface area contributed by atoms with Crippen molar-refractivity contribution in [2.24, 2.45) is 4.99 Å². The number of aryl methyl sites for hydroxylation is 1. The van der Waals surface area contributed by atoms with Crippen LogP contribution >= 0.6 is 0 Å². The van der Waals surface area contributed by atoms with Crippen molar-refractivity contribution >= 4 is 17.8 Å². The summed E-state index contributed by atoms with van der Waals surface area (Å²) in [5.74, 6) is -1.04. The molecule has 0 atom stereocenters. The highest BCUT2D eigenvalue weighted by Gasteiger charge is 2.34. The lowest BCUT2D eigenvalue weighted by molar-refractivity contribution is -0.137. The molecule has 0 aliphatic carbocycles. The van der Waals surface area contributed by atoms with E-state index in [9.17, 15) is 23.1 Å². The second-order valence-corrected chi connectivity index (χ2v) is 6.62. The van der Waals surface area contributed by atoms with E-state index in [0.29, 0.717) is 22.7 Å². The maximum Gasteiger partial charge on any atom is 0.418 e. The number of aliphatic hydroxyl groups excluding tert-OH is 1. The number of rotatable bonds is 3. The standard InChI is InChI=1S/C21H19F3N2O3/c1-11-9-14(10-16-19(27)18(12(2)25-16)20(28)29-4)13(3)26(11)17-8-6-5-7-15(17)21(22,23)24/h5-10,27H,1-4H3. The van der Waals surface area contributed by atoms with Gasteiger partial charge in [-0.15, -0.1) is 0 Å². The molecule has 152 valence electrons. The number of hydrogen-bond donors (Lipinski definition) is 1. The van der Waals surface area contributed by atoms with Crippen molar-refractivity contribution in [1.29, 1.82) is 0 Å². The smallest absolute Gasteiger partial charge is 0.418 e. The molecule has 1 aromatic heterocycles. The number of para-hydroxylation sites is 1. The number of carbonyl (C=O) groups excluding carboxylic acids is 1. The Balaban J connectivity index is 2.13. The summed E-state index contributed by atoms with van der Waals surface area (Å²) >= 11 is 0. The van der Waals surface area contributed by atoms with E-state index in [1.807, 2.05) is 0 Å². The third-order valence-corrected chi connectivity index (χ3v) is 4.73. The number of ether oxygens (including phenoxy) is 1. The summed E-state index contributed by atoms with van der Waals surface area (Å²) in [5, 5.41) is 10.4. The fraction of sp³-hybridized carbons (Fsp3) is 0.238. The zero-order valence-electron chi connectivity index (χ0n) is 16.3. The van der Waals surface area contributed by atoms with Crippen LogP contribution in [-0.2, 0) is 15.7 Å². The van der Waals surface area contributed by atoms with Crippen molar-refractivity contribution in [3.05, 3.63) is 69.9 Å². The van der Waals surface area contributed by atoms with Gasteiger partial charge in [-0.25, -0.2) is 9.79 Å². The number of aromatic nitrogens is 1. The normalized spacial score (nSPS) is 15.8. The van der Waals surface area contributed by atoms with Crippen molar-refractivity contribution < 1.29 is 27.8 Å². The van der Waals surface area contributed by atoms with E-state index >= 15 is 0 Å². The van der Waals surface area contributed by atoms with Crippen LogP contribution in [0.2, 0.25) is 0 Å². The second kappa shape index (κ2) is 7.27. The van der Waals surface area contributed by atoms with Gasteiger partial charge in [0.2, 0.25) is 0 Å². The number of benzene rings is 1. The van der Waals surface area contributed by atoms with Gasteiger partial charge in [-0.1, -0.05) is 12.1 Å².